The van der Waals surface area contributed by atoms with Gasteiger partial charge in [0.05, 0.1) is 41.3 Å². The van der Waals surface area contributed by atoms with E-state index in [0.717, 1.165) is 52.1 Å². The Labute approximate surface area is 321 Å². The molecule has 16 heteroatoms. The maximum atomic E-state index is 13.7. The fraction of sp³-hybridized carbons (Fsp3) is 0.425. The Bertz CT molecular complexity index is 2500. The van der Waals surface area contributed by atoms with Crippen LogP contribution < -0.4 is 10.6 Å². The summed E-state index contributed by atoms with van der Waals surface area (Å²) in [6.45, 7) is 8.50. The number of pyridine rings is 1. The van der Waals surface area contributed by atoms with Crippen molar-refractivity contribution in [1.82, 2.24) is 45.4 Å². The minimum atomic E-state index is -1.23. The van der Waals surface area contributed by atoms with E-state index in [1.165, 1.54) is 7.11 Å². The van der Waals surface area contributed by atoms with Gasteiger partial charge in [0.1, 0.15) is 34.9 Å². The molecule has 292 valence electrons. The molecule has 6 heterocycles. The lowest BCUT2D eigenvalue weighted by Gasteiger charge is -2.29. The number of nitrogens with one attached hydrogen (secondary N) is 4. The Balaban J connectivity index is 1.07. The molecule has 4 aromatic heterocycles. The number of imidazole rings is 2. The van der Waals surface area contributed by atoms with Gasteiger partial charge in [-0.2, -0.15) is 0 Å². The molecule has 0 bridgehead atoms. The Kier molecular flexibility index (Phi) is 9.50. The van der Waals surface area contributed by atoms with E-state index in [9.17, 15) is 24.3 Å². The molecule has 0 aliphatic carbocycles. The first-order chi connectivity index (χ1) is 26.9. The molecule has 2 aliphatic rings. The number of furan rings is 1. The minimum Gasteiger partial charge on any atom is -0.465 e. The molecule has 4 atom stereocenters. The van der Waals surface area contributed by atoms with E-state index in [0.29, 0.717) is 53.7 Å². The van der Waals surface area contributed by atoms with Crippen molar-refractivity contribution in [3.63, 3.8) is 0 Å². The molecule has 0 spiro atoms. The van der Waals surface area contributed by atoms with Crippen LogP contribution in [0.5, 0.6) is 0 Å². The average Bonchev–Trinajstić information content (AvgIpc) is 4.02. The minimum absolute atomic E-state index is 0.139. The van der Waals surface area contributed by atoms with Crippen LogP contribution in [-0.4, -0.2) is 96.1 Å². The number of amides is 4. The molecule has 56 heavy (non-hydrogen) atoms. The van der Waals surface area contributed by atoms with Crippen LogP contribution in [0.15, 0.2) is 46.9 Å². The molecule has 4 amide bonds. The van der Waals surface area contributed by atoms with Gasteiger partial charge in [-0.05, 0) is 80.0 Å². The van der Waals surface area contributed by atoms with E-state index in [2.05, 4.69) is 20.6 Å². The average molecular weight is 764 g/mol. The summed E-state index contributed by atoms with van der Waals surface area (Å²) in [6.07, 6.45) is 1.16. The van der Waals surface area contributed by atoms with Gasteiger partial charge in [-0.25, -0.2) is 24.5 Å². The maximum Gasteiger partial charge on any atom is 0.407 e. The van der Waals surface area contributed by atoms with Crippen molar-refractivity contribution >= 4 is 67.9 Å². The van der Waals surface area contributed by atoms with E-state index in [1.54, 1.807) is 9.80 Å². The summed E-state index contributed by atoms with van der Waals surface area (Å²) in [5.74, 6) is 1.12. The summed E-state index contributed by atoms with van der Waals surface area (Å²) in [5, 5.41) is 16.2. The summed E-state index contributed by atoms with van der Waals surface area (Å²) in [7, 11) is 1.28. The van der Waals surface area contributed by atoms with Gasteiger partial charge in [-0.3, -0.25) is 9.59 Å². The highest BCUT2D eigenvalue weighted by molar-refractivity contribution is 6.04. The summed E-state index contributed by atoms with van der Waals surface area (Å²) < 4.78 is 11.2. The normalized spacial score (nSPS) is 18.5. The highest BCUT2D eigenvalue weighted by Gasteiger charge is 2.39. The first-order valence-corrected chi connectivity index (χ1v) is 19.1. The quantitative estimate of drug-likeness (QED) is 0.109. The van der Waals surface area contributed by atoms with Gasteiger partial charge in [0.25, 0.3) is 0 Å². The lowest BCUT2D eigenvalue weighted by Crippen LogP contribution is -2.51. The zero-order valence-electron chi connectivity index (χ0n) is 31.9. The number of H-pyrrole nitrogens is 2. The summed E-state index contributed by atoms with van der Waals surface area (Å²) in [6, 6.07) is 11.4. The van der Waals surface area contributed by atoms with Crippen molar-refractivity contribution in [2.45, 2.75) is 77.5 Å². The number of alkyl carbamates (subject to hydrolysis) is 1. The van der Waals surface area contributed by atoms with Gasteiger partial charge in [-0.15, -0.1) is 0 Å². The largest absolute Gasteiger partial charge is 0.465 e. The van der Waals surface area contributed by atoms with E-state index in [-0.39, 0.29) is 35.7 Å². The molecule has 2 fully saturated rings. The van der Waals surface area contributed by atoms with Gasteiger partial charge in [0.2, 0.25) is 11.8 Å². The molecular formula is C40H45N9O7. The summed E-state index contributed by atoms with van der Waals surface area (Å²) in [5.41, 5.74) is 4.99. The second-order valence-corrected chi connectivity index (χ2v) is 15.4. The Morgan fingerprint density at radius 2 is 1.36 bits per heavy atom. The number of benzene rings is 2. The lowest BCUT2D eigenvalue weighted by molar-refractivity contribution is -0.136. The Hall–Kier alpha value is -6.19. The van der Waals surface area contributed by atoms with Gasteiger partial charge in [0, 0.05) is 23.9 Å². The van der Waals surface area contributed by atoms with Crippen molar-refractivity contribution in [2.75, 3.05) is 20.2 Å². The summed E-state index contributed by atoms with van der Waals surface area (Å²) >= 11 is 0. The van der Waals surface area contributed by atoms with Crippen LogP contribution in [0.25, 0.3) is 55.4 Å². The number of carbonyl (C=O) groups is 4. The number of aromatic amines is 2. The molecule has 2 aromatic carbocycles. The Morgan fingerprint density at radius 3 is 1.96 bits per heavy atom. The number of methoxy groups -OCH3 is 1. The predicted molar refractivity (Wildman–Crippen MR) is 208 cm³/mol. The van der Waals surface area contributed by atoms with Gasteiger partial charge in [0.15, 0.2) is 11.3 Å². The number of carboxylic acid groups (broad SMARTS) is 1. The molecule has 16 nitrogen and oxygen atoms in total. The number of hydrogen-bond acceptors (Lipinski definition) is 9. The van der Waals surface area contributed by atoms with Crippen LogP contribution in [-0.2, 0) is 14.3 Å². The van der Waals surface area contributed by atoms with Crippen LogP contribution in [0.2, 0.25) is 0 Å². The lowest BCUT2D eigenvalue weighted by atomic mass is 10.0. The number of fused-ring (bicyclic) bond motifs is 6. The van der Waals surface area contributed by atoms with Crippen molar-refractivity contribution in [2.24, 2.45) is 11.8 Å². The van der Waals surface area contributed by atoms with Crippen LogP contribution >= 0.6 is 0 Å². The zero-order valence-corrected chi connectivity index (χ0v) is 31.9. The van der Waals surface area contributed by atoms with Crippen LogP contribution in [0.4, 0.5) is 9.59 Å². The Morgan fingerprint density at radius 1 is 0.786 bits per heavy atom. The molecule has 6 aromatic rings. The van der Waals surface area contributed by atoms with Crippen LogP contribution in [0, 0.1) is 11.8 Å². The molecule has 0 saturated carbocycles. The van der Waals surface area contributed by atoms with Crippen molar-refractivity contribution in [3.05, 3.63) is 54.1 Å². The number of rotatable bonds is 9. The molecule has 5 N–H and O–H groups in total. The number of likely N-dealkylation sites (tertiary alicyclic amines) is 2. The zero-order chi connectivity index (χ0) is 39.4. The standard InChI is InChI=1S/C40H45N9O7/c1-19(2)30(46-39(52)53)37(50)48-16-6-8-27(48)35-42-25-15-14-23-22(32(25)44-35)11-13-24(41-23)29-18-21-10-12-26-33(34(21)56-29)45-36(43-26)28-9-7-17-49(28)38(51)31(20(3)4)47-40(54)55-5/h10-15,18-20,27-28,30-31,46H,6-9,16-17H2,1-5H3,(H,42,44)(H,43,45)(H,47,54)(H,52,53)/t27-,28-,30-,31-/m0/s1. The molecule has 0 unspecified atom stereocenters. The first-order valence-electron chi connectivity index (χ1n) is 19.1. The number of carbonyl (C=O) groups excluding carboxylic acids is 3. The third-order valence-corrected chi connectivity index (χ3v) is 11.1. The smallest absolute Gasteiger partial charge is 0.407 e. The third kappa shape index (κ3) is 6.51. The highest BCUT2D eigenvalue weighted by Crippen LogP contribution is 2.38. The van der Waals surface area contributed by atoms with Gasteiger partial charge >= 0.3 is 12.2 Å². The monoisotopic (exact) mass is 763 g/mol. The first kappa shape index (κ1) is 36.8. The molecular weight excluding hydrogens is 718 g/mol. The number of ether oxygens (including phenoxy) is 1. The topological polar surface area (TPSA) is 212 Å². The van der Waals surface area contributed by atoms with E-state index in [1.807, 2.05) is 70.2 Å². The molecule has 8 rings (SSSR count). The molecule has 0 radical (unpaired) electrons. The molecule has 2 saturated heterocycles. The number of nitrogens with zero attached hydrogens (tertiary/aromatic N) is 5. The van der Waals surface area contributed by atoms with E-state index in [4.69, 9.17) is 24.1 Å². The second-order valence-electron chi connectivity index (χ2n) is 15.4. The maximum absolute atomic E-state index is 13.7. The van der Waals surface area contributed by atoms with E-state index >= 15 is 0 Å². The highest BCUT2D eigenvalue weighted by atomic mass is 16.5. The third-order valence-electron chi connectivity index (χ3n) is 11.1. The fourth-order valence-electron chi connectivity index (χ4n) is 8.21. The number of aromatic nitrogens is 5. The van der Waals surface area contributed by atoms with Gasteiger partial charge < -0.3 is 44.7 Å². The predicted octanol–water partition coefficient (Wildman–Crippen LogP) is 6.40. The van der Waals surface area contributed by atoms with E-state index < -0.39 is 24.3 Å². The second kappa shape index (κ2) is 14.5. The van der Waals surface area contributed by atoms with Gasteiger partial charge in [-0.1, -0.05) is 27.7 Å². The van der Waals surface area contributed by atoms with Crippen LogP contribution in [0.1, 0.15) is 77.1 Å². The SMILES string of the molecule is COC(=O)N[C@H](C(=O)N1CCC[C@H]1c1nc2ccc3cc(-c4ccc5c(ccc6nc([C@@H]7CCCN7C(=O)[C@@H](NC(=O)O)C(C)C)[nH]c65)n4)oc3c2[nH]1)C(C)C. The number of hydrogen-bond donors (Lipinski definition) is 5. The van der Waals surface area contributed by atoms with Crippen molar-refractivity contribution in [3.8, 4) is 11.5 Å². The van der Waals surface area contributed by atoms with Crippen LogP contribution in [0.3, 0.4) is 0 Å². The van der Waals surface area contributed by atoms with Crippen molar-refractivity contribution in [1.29, 1.82) is 0 Å². The summed E-state index contributed by atoms with van der Waals surface area (Å²) in [4.78, 5) is 75.9. The van der Waals surface area contributed by atoms with Crippen molar-refractivity contribution < 1.29 is 33.4 Å². The fourth-order valence-corrected chi connectivity index (χ4v) is 8.21. The molecule has 2 aliphatic heterocycles.